The molecule has 0 aliphatic carbocycles. The van der Waals surface area contributed by atoms with Gasteiger partial charge in [-0.3, -0.25) is 4.79 Å². The average Bonchev–Trinajstić information content (AvgIpc) is 2.47. The number of carbonyl (C=O) groups is 1. The van der Waals surface area contributed by atoms with E-state index in [2.05, 4.69) is 10.6 Å². The van der Waals surface area contributed by atoms with Crippen LogP contribution in [0.15, 0.2) is 18.2 Å². The van der Waals surface area contributed by atoms with Crippen LogP contribution < -0.4 is 15.4 Å². The molecule has 118 valence electrons. The first-order valence-corrected chi connectivity index (χ1v) is 7.52. The fraction of sp³-hybridized carbons (Fsp3) is 0.533. The fourth-order valence-electron chi connectivity index (χ4n) is 2.26. The van der Waals surface area contributed by atoms with Gasteiger partial charge in [-0.1, -0.05) is 18.5 Å². The van der Waals surface area contributed by atoms with Crippen molar-refractivity contribution in [2.45, 2.75) is 26.2 Å². The van der Waals surface area contributed by atoms with Crippen LogP contribution in [0.5, 0.6) is 5.75 Å². The van der Waals surface area contributed by atoms with Crippen molar-refractivity contribution in [2.75, 3.05) is 25.0 Å². The number of nitrogens with one attached hydrogen (secondary N) is 2. The average molecular weight is 333 g/mol. The molecule has 1 heterocycles. The summed E-state index contributed by atoms with van der Waals surface area (Å²) in [7, 11) is 0. The van der Waals surface area contributed by atoms with Crippen LogP contribution in [-0.4, -0.2) is 25.6 Å². The Morgan fingerprint density at radius 3 is 2.81 bits per heavy atom. The number of carbonyl (C=O) groups excluding carboxylic acids is 1. The zero-order chi connectivity index (χ0) is 14.4. The molecule has 0 saturated carbocycles. The summed E-state index contributed by atoms with van der Waals surface area (Å²) in [5.74, 6) is 0.794. The first-order chi connectivity index (χ1) is 9.70. The van der Waals surface area contributed by atoms with Crippen LogP contribution in [0, 0.1) is 5.92 Å². The molecule has 0 atom stereocenters. The predicted octanol–water partition coefficient (Wildman–Crippen LogP) is 3.49. The van der Waals surface area contributed by atoms with Crippen molar-refractivity contribution in [3.05, 3.63) is 23.2 Å². The summed E-state index contributed by atoms with van der Waals surface area (Å²) in [5, 5.41) is 6.80. The summed E-state index contributed by atoms with van der Waals surface area (Å²) in [6.07, 6.45) is 2.67. The Hall–Kier alpha value is -0.970. The molecule has 0 aromatic heterocycles. The Kier molecular flexibility index (Phi) is 7.86. The lowest BCUT2D eigenvalue weighted by Crippen LogP contribution is -2.34. The van der Waals surface area contributed by atoms with Gasteiger partial charge in [0.25, 0.3) is 0 Å². The molecule has 1 fully saturated rings. The Morgan fingerprint density at radius 2 is 2.14 bits per heavy atom. The molecule has 0 spiro atoms. The summed E-state index contributed by atoms with van der Waals surface area (Å²) >= 11 is 6.00. The van der Waals surface area contributed by atoms with Crippen molar-refractivity contribution >= 4 is 35.6 Å². The highest BCUT2D eigenvalue weighted by atomic mass is 35.5. The van der Waals surface area contributed by atoms with Crippen molar-refractivity contribution in [3.63, 3.8) is 0 Å². The van der Waals surface area contributed by atoms with Crippen molar-refractivity contribution in [1.82, 2.24) is 5.32 Å². The van der Waals surface area contributed by atoms with E-state index in [0.29, 0.717) is 23.1 Å². The van der Waals surface area contributed by atoms with Gasteiger partial charge in [-0.15, -0.1) is 12.4 Å². The Bertz CT molecular complexity index is 463. The number of benzene rings is 1. The van der Waals surface area contributed by atoms with E-state index in [0.717, 1.165) is 32.4 Å². The molecule has 2 rings (SSSR count). The third-order valence-electron chi connectivity index (χ3n) is 3.37. The number of piperidine rings is 1. The monoisotopic (exact) mass is 332 g/mol. The largest absolute Gasteiger partial charge is 0.491 e. The van der Waals surface area contributed by atoms with Crippen LogP contribution in [-0.2, 0) is 4.79 Å². The minimum Gasteiger partial charge on any atom is -0.491 e. The van der Waals surface area contributed by atoms with Gasteiger partial charge in [-0.05, 0) is 50.6 Å². The molecule has 2 N–H and O–H groups in total. The number of amides is 1. The maximum Gasteiger partial charge on any atom is 0.227 e. The molecule has 0 unspecified atom stereocenters. The van der Waals surface area contributed by atoms with Crippen LogP contribution in [0.1, 0.15) is 26.2 Å². The van der Waals surface area contributed by atoms with Gasteiger partial charge in [0.1, 0.15) is 5.75 Å². The van der Waals surface area contributed by atoms with Crippen molar-refractivity contribution in [2.24, 2.45) is 5.92 Å². The van der Waals surface area contributed by atoms with Gasteiger partial charge in [-0.25, -0.2) is 0 Å². The lowest BCUT2D eigenvalue weighted by atomic mass is 9.97. The lowest BCUT2D eigenvalue weighted by molar-refractivity contribution is -0.120. The van der Waals surface area contributed by atoms with E-state index in [1.54, 1.807) is 18.2 Å². The Balaban J connectivity index is 0.00000220. The van der Waals surface area contributed by atoms with E-state index in [-0.39, 0.29) is 24.2 Å². The highest BCUT2D eigenvalue weighted by molar-refractivity contribution is 6.31. The van der Waals surface area contributed by atoms with Crippen molar-refractivity contribution < 1.29 is 9.53 Å². The van der Waals surface area contributed by atoms with Crippen LogP contribution >= 0.6 is 24.0 Å². The molecule has 1 aliphatic rings. The lowest BCUT2D eigenvalue weighted by Gasteiger charge is -2.22. The topological polar surface area (TPSA) is 50.4 Å². The predicted molar refractivity (Wildman–Crippen MR) is 88.7 cm³/mol. The summed E-state index contributed by atoms with van der Waals surface area (Å²) in [6.45, 7) is 4.46. The highest BCUT2D eigenvalue weighted by Crippen LogP contribution is 2.29. The van der Waals surface area contributed by atoms with Gasteiger partial charge in [-0.2, -0.15) is 0 Å². The van der Waals surface area contributed by atoms with E-state index in [1.807, 2.05) is 6.92 Å². The Morgan fingerprint density at radius 1 is 1.43 bits per heavy atom. The smallest absolute Gasteiger partial charge is 0.227 e. The first-order valence-electron chi connectivity index (χ1n) is 7.14. The maximum absolute atomic E-state index is 12.3. The molecular weight excluding hydrogens is 311 g/mol. The van der Waals surface area contributed by atoms with E-state index < -0.39 is 0 Å². The van der Waals surface area contributed by atoms with Gasteiger partial charge >= 0.3 is 0 Å². The van der Waals surface area contributed by atoms with Crippen LogP contribution in [0.2, 0.25) is 5.02 Å². The zero-order valence-electron chi connectivity index (χ0n) is 12.2. The number of halogens is 2. The maximum atomic E-state index is 12.3. The van der Waals surface area contributed by atoms with Gasteiger partial charge in [0.2, 0.25) is 5.91 Å². The number of anilines is 1. The quantitative estimate of drug-likeness (QED) is 0.867. The molecule has 4 nitrogen and oxygen atoms in total. The van der Waals surface area contributed by atoms with Gasteiger partial charge < -0.3 is 15.4 Å². The minimum atomic E-state index is 0. The van der Waals surface area contributed by atoms with E-state index in [4.69, 9.17) is 16.3 Å². The van der Waals surface area contributed by atoms with E-state index >= 15 is 0 Å². The van der Waals surface area contributed by atoms with Crippen molar-refractivity contribution in [1.29, 1.82) is 0 Å². The summed E-state index contributed by atoms with van der Waals surface area (Å²) < 4.78 is 5.64. The van der Waals surface area contributed by atoms with Crippen LogP contribution in [0.4, 0.5) is 5.69 Å². The SMILES string of the molecule is CCCOc1ccc(Cl)cc1NC(=O)C1CCNCC1.Cl. The molecule has 21 heavy (non-hydrogen) atoms. The third kappa shape index (κ3) is 5.38. The zero-order valence-corrected chi connectivity index (χ0v) is 13.7. The molecule has 1 amide bonds. The summed E-state index contributed by atoms with van der Waals surface area (Å²) in [6, 6.07) is 5.31. The minimum absolute atomic E-state index is 0. The van der Waals surface area contributed by atoms with Gasteiger partial charge in [0.05, 0.1) is 12.3 Å². The molecule has 1 aromatic rings. The van der Waals surface area contributed by atoms with Gasteiger partial charge in [0, 0.05) is 10.9 Å². The molecule has 1 aliphatic heterocycles. The molecule has 6 heteroatoms. The van der Waals surface area contributed by atoms with E-state index in [9.17, 15) is 4.79 Å². The second-order valence-electron chi connectivity index (χ2n) is 5.00. The van der Waals surface area contributed by atoms with Crippen LogP contribution in [0.25, 0.3) is 0 Å². The fourth-order valence-corrected chi connectivity index (χ4v) is 2.43. The molecule has 1 saturated heterocycles. The number of hydrogen-bond donors (Lipinski definition) is 2. The third-order valence-corrected chi connectivity index (χ3v) is 3.61. The molecule has 0 radical (unpaired) electrons. The number of hydrogen-bond acceptors (Lipinski definition) is 3. The first kappa shape index (κ1) is 18.1. The summed E-state index contributed by atoms with van der Waals surface area (Å²) in [4.78, 5) is 12.3. The van der Waals surface area contributed by atoms with Crippen LogP contribution in [0.3, 0.4) is 0 Å². The molecular formula is C15H22Cl2N2O2. The molecule has 1 aromatic carbocycles. The second-order valence-corrected chi connectivity index (χ2v) is 5.44. The van der Waals surface area contributed by atoms with Crippen molar-refractivity contribution in [3.8, 4) is 5.75 Å². The normalized spacial score (nSPS) is 15.1. The van der Waals surface area contributed by atoms with Gasteiger partial charge in [0.15, 0.2) is 0 Å². The Labute approximate surface area is 137 Å². The number of rotatable bonds is 5. The second kappa shape index (κ2) is 9.13. The standard InChI is InChI=1S/C15H21ClN2O2.ClH/c1-2-9-20-14-4-3-12(16)10-13(14)18-15(19)11-5-7-17-8-6-11;/h3-4,10-11,17H,2,5-9H2,1H3,(H,18,19);1H. The summed E-state index contributed by atoms with van der Waals surface area (Å²) in [5.41, 5.74) is 0.662. The van der Waals surface area contributed by atoms with E-state index in [1.165, 1.54) is 0 Å². The highest BCUT2D eigenvalue weighted by Gasteiger charge is 2.21. The molecule has 0 bridgehead atoms. The number of ether oxygens (including phenoxy) is 1.